The predicted octanol–water partition coefficient (Wildman–Crippen LogP) is 5.37. The number of nitrogens with zero attached hydrogens (tertiary/aromatic N) is 2. The van der Waals surface area contributed by atoms with E-state index in [-0.39, 0.29) is 5.97 Å². The van der Waals surface area contributed by atoms with E-state index in [9.17, 15) is 4.79 Å². The minimum absolute atomic E-state index is 0.332. The van der Waals surface area contributed by atoms with Gasteiger partial charge in [0.05, 0.1) is 19.2 Å². The molecule has 0 fully saturated rings. The molecular formula is C22H23ClN4O2S2. The second kappa shape index (κ2) is 9.38. The van der Waals surface area contributed by atoms with Crippen molar-refractivity contribution in [3.8, 4) is 0 Å². The molecule has 1 aromatic carbocycles. The van der Waals surface area contributed by atoms with Gasteiger partial charge in [0, 0.05) is 22.2 Å². The van der Waals surface area contributed by atoms with E-state index in [1.807, 2.05) is 36.5 Å². The number of carbonyl (C=O) groups excluding carboxylic acids is 1. The Balaban J connectivity index is 1.47. The van der Waals surface area contributed by atoms with Crippen LogP contribution in [0.4, 0.5) is 10.8 Å². The summed E-state index contributed by atoms with van der Waals surface area (Å²) in [5.41, 5.74) is 2.67. The molecule has 6 nitrogen and oxygen atoms in total. The highest BCUT2D eigenvalue weighted by Crippen LogP contribution is 2.40. The first-order valence-electron chi connectivity index (χ1n) is 10.0. The van der Waals surface area contributed by atoms with Crippen LogP contribution in [0, 0.1) is 5.92 Å². The zero-order valence-electron chi connectivity index (χ0n) is 17.3. The fraction of sp³-hybridized carbons (Fsp3) is 0.318. The number of fused-ring (bicyclic) bond motifs is 1. The van der Waals surface area contributed by atoms with Crippen LogP contribution in [0.1, 0.15) is 39.7 Å². The van der Waals surface area contributed by atoms with Gasteiger partial charge in [-0.3, -0.25) is 4.68 Å². The molecule has 1 unspecified atom stereocenters. The molecule has 31 heavy (non-hydrogen) atoms. The highest BCUT2D eigenvalue weighted by atomic mass is 35.5. The summed E-state index contributed by atoms with van der Waals surface area (Å²) >= 11 is 13.3. The van der Waals surface area contributed by atoms with E-state index in [0.29, 0.717) is 34.0 Å². The third-order valence-electron chi connectivity index (χ3n) is 5.30. The third-order valence-corrected chi connectivity index (χ3v) is 7.04. The molecular weight excluding hydrogens is 452 g/mol. The van der Waals surface area contributed by atoms with Gasteiger partial charge in [-0.05, 0) is 54.6 Å². The topological polar surface area (TPSA) is 68.2 Å². The Kier molecular flexibility index (Phi) is 6.60. The average Bonchev–Trinajstić information content (AvgIpc) is 3.32. The first-order valence-corrected chi connectivity index (χ1v) is 11.6. The lowest BCUT2D eigenvalue weighted by atomic mass is 9.88. The van der Waals surface area contributed by atoms with Gasteiger partial charge in [0.25, 0.3) is 0 Å². The molecule has 1 atom stereocenters. The molecule has 3 aromatic rings. The lowest BCUT2D eigenvalue weighted by Gasteiger charge is -2.18. The maximum atomic E-state index is 12.4. The van der Waals surface area contributed by atoms with Crippen molar-refractivity contribution in [3.63, 3.8) is 0 Å². The molecule has 4 rings (SSSR count). The van der Waals surface area contributed by atoms with Crippen molar-refractivity contribution in [1.82, 2.24) is 9.78 Å². The van der Waals surface area contributed by atoms with Crippen molar-refractivity contribution < 1.29 is 9.53 Å². The van der Waals surface area contributed by atoms with Gasteiger partial charge in [0.1, 0.15) is 5.00 Å². The number of halogens is 1. The molecule has 9 heteroatoms. The SMILES string of the molecule is COC(=O)c1c(NC(=S)Nc2ccn(Cc3ccccc3Cl)n2)sc2c1CCC(C)C2. The largest absolute Gasteiger partial charge is 0.465 e. The van der Waals surface area contributed by atoms with E-state index < -0.39 is 0 Å². The molecule has 0 saturated carbocycles. The van der Waals surface area contributed by atoms with Crippen LogP contribution < -0.4 is 10.6 Å². The van der Waals surface area contributed by atoms with Gasteiger partial charge < -0.3 is 15.4 Å². The Bertz CT molecular complexity index is 1120. The number of esters is 1. The Labute approximate surface area is 195 Å². The Morgan fingerprint density at radius 2 is 2.16 bits per heavy atom. The molecule has 0 amide bonds. The first kappa shape index (κ1) is 21.8. The van der Waals surface area contributed by atoms with Crippen LogP contribution in [-0.4, -0.2) is 28.0 Å². The van der Waals surface area contributed by atoms with Crippen LogP contribution in [-0.2, 0) is 24.1 Å². The average molecular weight is 475 g/mol. The van der Waals surface area contributed by atoms with Gasteiger partial charge in [-0.1, -0.05) is 36.7 Å². The molecule has 0 spiro atoms. The van der Waals surface area contributed by atoms with E-state index in [1.165, 1.54) is 12.0 Å². The van der Waals surface area contributed by atoms with E-state index in [0.717, 1.165) is 35.4 Å². The standard InChI is InChI=1S/C22H23ClN4O2S2/c1-13-7-8-15-17(11-13)31-20(19(15)21(28)29-2)25-22(30)24-18-9-10-27(26-18)12-14-5-3-4-6-16(14)23/h3-6,9-10,13H,7-8,11-12H2,1-2H3,(H2,24,25,26,30). The first-order chi connectivity index (χ1) is 14.9. The number of aromatic nitrogens is 2. The summed E-state index contributed by atoms with van der Waals surface area (Å²) in [6, 6.07) is 9.52. The van der Waals surface area contributed by atoms with Crippen molar-refractivity contribution >= 4 is 57.1 Å². The van der Waals surface area contributed by atoms with Crippen LogP contribution in [0.3, 0.4) is 0 Å². The number of thiocarbonyl (C=S) groups is 1. The minimum Gasteiger partial charge on any atom is -0.465 e. The predicted molar refractivity (Wildman–Crippen MR) is 129 cm³/mol. The number of anilines is 2. The number of hydrogen-bond donors (Lipinski definition) is 2. The van der Waals surface area contributed by atoms with E-state index in [2.05, 4.69) is 22.7 Å². The van der Waals surface area contributed by atoms with Crippen molar-refractivity contribution in [2.24, 2.45) is 5.92 Å². The van der Waals surface area contributed by atoms with Gasteiger partial charge in [0.15, 0.2) is 10.9 Å². The highest BCUT2D eigenvalue weighted by Gasteiger charge is 2.28. The Hall–Kier alpha value is -2.42. The quantitative estimate of drug-likeness (QED) is 0.383. The zero-order chi connectivity index (χ0) is 22.0. The van der Waals surface area contributed by atoms with Crippen molar-refractivity contribution in [1.29, 1.82) is 0 Å². The minimum atomic E-state index is -0.332. The maximum Gasteiger partial charge on any atom is 0.341 e. The summed E-state index contributed by atoms with van der Waals surface area (Å²) in [4.78, 5) is 13.7. The number of methoxy groups -OCH3 is 1. The number of rotatable bonds is 5. The molecule has 2 N–H and O–H groups in total. The molecule has 0 bridgehead atoms. The summed E-state index contributed by atoms with van der Waals surface area (Å²) in [5, 5.41) is 12.6. The maximum absolute atomic E-state index is 12.4. The molecule has 162 valence electrons. The van der Waals surface area contributed by atoms with Crippen LogP contribution >= 0.6 is 35.2 Å². The molecule has 2 heterocycles. The van der Waals surface area contributed by atoms with Crippen LogP contribution in [0.2, 0.25) is 5.02 Å². The Morgan fingerprint density at radius 1 is 1.35 bits per heavy atom. The number of benzene rings is 1. The fourth-order valence-corrected chi connectivity index (χ4v) is 5.60. The number of hydrogen-bond acceptors (Lipinski definition) is 5. The lowest BCUT2D eigenvalue weighted by molar-refractivity contribution is 0.0601. The van der Waals surface area contributed by atoms with Gasteiger partial charge in [-0.2, -0.15) is 5.10 Å². The normalized spacial score (nSPS) is 15.3. The van der Waals surface area contributed by atoms with E-state index in [4.69, 9.17) is 28.6 Å². The summed E-state index contributed by atoms with van der Waals surface area (Å²) < 4.78 is 6.82. The monoisotopic (exact) mass is 474 g/mol. The van der Waals surface area contributed by atoms with Crippen LogP contribution in [0.5, 0.6) is 0 Å². The van der Waals surface area contributed by atoms with Gasteiger partial charge in [-0.15, -0.1) is 11.3 Å². The third kappa shape index (κ3) is 4.92. The van der Waals surface area contributed by atoms with Gasteiger partial charge in [-0.25, -0.2) is 4.79 Å². The summed E-state index contributed by atoms with van der Waals surface area (Å²) in [5.74, 6) is 0.886. The summed E-state index contributed by atoms with van der Waals surface area (Å²) in [6.07, 6.45) is 4.78. The molecule has 0 aliphatic heterocycles. The second-order valence-corrected chi connectivity index (χ2v) is 9.54. The smallest absolute Gasteiger partial charge is 0.341 e. The number of nitrogens with one attached hydrogen (secondary N) is 2. The van der Waals surface area contributed by atoms with E-state index in [1.54, 1.807) is 16.0 Å². The molecule has 0 radical (unpaired) electrons. The number of thiophene rings is 1. The molecule has 2 aromatic heterocycles. The number of carbonyl (C=O) groups is 1. The second-order valence-electron chi connectivity index (χ2n) is 7.62. The Morgan fingerprint density at radius 3 is 2.94 bits per heavy atom. The molecule has 1 aliphatic rings. The van der Waals surface area contributed by atoms with Gasteiger partial charge in [0.2, 0.25) is 0 Å². The fourth-order valence-electron chi connectivity index (χ4n) is 3.73. The number of ether oxygens (including phenoxy) is 1. The molecule has 1 aliphatic carbocycles. The van der Waals surface area contributed by atoms with Crippen molar-refractivity contribution in [3.05, 3.63) is 63.1 Å². The van der Waals surface area contributed by atoms with Crippen LogP contribution in [0.15, 0.2) is 36.5 Å². The summed E-state index contributed by atoms with van der Waals surface area (Å²) in [7, 11) is 1.41. The van der Waals surface area contributed by atoms with Gasteiger partial charge >= 0.3 is 5.97 Å². The highest BCUT2D eigenvalue weighted by molar-refractivity contribution is 7.80. The molecule has 0 saturated heterocycles. The van der Waals surface area contributed by atoms with Crippen molar-refractivity contribution in [2.75, 3.05) is 17.7 Å². The lowest BCUT2D eigenvalue weighted by Crippen LogP contribution is -2.21. The summed E-state index contributed by atoms with van der Waals surface area (Å²) in [6.45, 7) is 2.79. The van der Waals surface area contributed by atoms with Crippen molar-refractivity contribution in [2.45, 2.75) is 32.7 Å². The van der Waals surface area contributed by atoms with Crippen LogP contribution in [0.25, 0.3) is 0 Å². The van der Waals surface area contributed by atoms with E-state index >= 15 is 0 Å². The zero-order valence-corrected chi connectivity index (χ0v) is 19.7.